The van der Waals surface area contributed by atoms with Crippen LogP contribution in [0.15, 0.2) is 54.1 Å². The van der Waals surface area contributed by atoms with Crippen molar-refractivity contribution in [3.8, 4) is 23.0 Å². The number of ether oxygens (including phenoxy) is 3. The van der Waals surface area contributed by atoms with Crippen molar-refractivity contribution in [3.63, 3.8) is 0 Å². The molecule has 10 nitrogen and oxygen atoms in total. The molecule has 0 bridgehead atoms. The molecule has 0 saturated carbocycles. The molecular formula is C23H24N2O8. The summed E-state index contributed by atoms with van der Waals surface area (Å²) in [5, 5.41) is 32.6. The van der Waals surface area contributed by atoms with E-state index in [-0.39, 0.29) is 31.0 Å². The number of aliphatic hydroxyl groups is 2. The number of benzene rings is 2. The summed E-state index contributed by atoms with van der Waals surface area (Å²) in [6.45, 7) is 0.0962. The standard InChI is InChI=1S/C23H24N2O8/c24-22(29)16(7-12-1-3-14(26)4-2-12)25-23(30)13-8-17(27)21(28)20(9-13)33-15-5-6-18-19(10-15)32-11-31-18/h1-6,9-10,16-17,20-21,26-28H,7-8,11H2,(H2,24,29)(H,25,30). The lowest BCUT2D eigenvalue weighted by molar-refractivity contribution is -0.126. The Morgan fingerprint density at radius 1 is 1.12 bits per heavy atom. The zero-order valence-corrected chi connectivity index (χ0v) is 17.5. The van der Waals surface area contributed by atoms with E-state index < -0.39 is 36.2 Å². The molecule has 0 aromatic heterocycles. The number of hydrogen-bond acceptors (Lipinski definition) is 8. The molecule has 0 spiro atoms. The first-order chi connectivity index (χ1) is 15.8. The minimum Gasteiger partial charge on any atom is -0.508 e. The molecule has 1 aliphatic carbocycles. The normalized spacial score (nSPS) is 22.2. The van der Waals surface area contributed by atoms with Gasteiger partial charge in [-0.15, -0.1) is 0 Å². The molecule has 0 fully saturated rings. The van der Waals surface area contributed by atoms with E-state index >= 15 is 0 Å². The Hall–Kier alpha value is -3.76. The number of nitrogens with two attached hydrogens (primary N) is 1. The van der Waals surface area contributed by atoms with Crippen LogP contribution in [0.5, 0.6) is 23.0 Å². The molecule has 0 radical (unpaired) electrons. The number of rotatable bonds is 7. The third-order valence-electron chi connectivity index (χ3n) is 5.46. The summed E-state index contributed by atoms with van der Waals surface area (Å²) in [4.78, 5) is 24.8. The molecule has 0 saturated heterocycles. The first-order valence-corrected chi connectivity index (χ1v) is 10.3. The smallest absolute Gasteiger partial charge is 0.247 e. The minimum atomic E-state index is -1.27. The van der Waals surface area contributed by atoms with Crippen LogP contribution in [0.4, 0.5) is 0 Å². The van der Waals surface area contributed by atoms with Gasteiger partial charge in [0.1, 0.15) is 29.7 Å². The number of carbonyl (C=O) groups excluding carboxylic acids is 2. The van der Waals surface area contributed by atoms with E-state index in [1.807, 2.05) is 0 Å². The monoisotopic (exact) mass is 456 g/mol. The number of phenolic OH excluding ortho intramolecular Hbond substituents is 1. The van der Waals surface area contributed by atoms with Gasteiger partial charge in [0.05, 0.1) is 6.10 Å². The predicted octanol–water partition coefficient (Wildman–Crippen LogP) is 0.133. The molecule has 2 amide bonds. The first kappa shape index (κ1) is 22.4. The Labute approximate surface area is 189 Å². The Morgan fingerprint density at radius 3 is 2.58 bits per heavy atom. The van der Waals surface area contributed by atoms with E-state index in [2.05, 4.69) is 5.32 Å². The topological polar surface area (TPSA) is 161 Å². The second-order valence-corrected chi connectivity index (χ2v) is 7.85. The number of fused-ring (bicyclic) bond motifs is 1. The number of phenols is 1. The number of primary amides is 1. The molecule has 2 aliphatic rings. The number of hydrogen-bond donors (Lipinski definition) is 5. The van der Waals surface area contributed by atoms with Crippen LogP contribution in [-0.4, -0.2) is 58.3 Å². The van der Waals surface area contributed by atoms with Crippen LogP contribution < -0.4 is 25.3 Å². The summed E-state index contributed by atoms with van der Waals surface area (Å²) in [6, 6.07) is 10.0. The number of amides is 2. The van der Waals surface area contributed by atoms with E-state index in [0.717, 1.165) is 0 Å². The van der Waals surface area contributed by atoms with Crippen molar-refractivity contribution in [3.05, 3.63) is 59.7 Å². The maximum Gasteiger partial charge on any atom is 0.247 e. The largest absolute Gasteiger partial charge is 0.508 e. The summed E-state index contributed by atoms with van der Waals surface area (Å²) >= 11 is 0. The van der Waals surface area contributed by atoms with Crippen LogP contribution in [0.2, 0.25) is 0 Å². The Kier molecular flexibility index (Phi) is 6.38. The number of aliphatic hydroxyl groups excluding tert-OH is 2. The van der Waals surface area contributed by atoms with Gasteiger partial charge < -0.3 is 40.6 Å². The highest BCUT2D eigenvalue weighted by molar-refractivity contribution is 5.97. The van der Waals surface area contributed by atoms with Crippen molar-refractivity contribution in [2.24, 2.45) is 5.73 Å². The first-order valence-electron chi connectivity index (χ1n) is 10.3. The van der Waals surface area contributed by atoms with Gasteiger partial charge in [-0.2, -0.15) is 0 Å². The maximum absolute atomic E-state index is 12.8. The van der Waals surface area contributed by atoms with Gasteiger partial charge in [-0.3, -0.25) is 9.59 Å². The zero-order valence-electron chi connectivity index (χ0n) is 17.5. The fourth-order valence-corrected chi connectivity index (χ4v) is 3.65. The van der Waals surface area contributed by atoms with Crippen LogP contribution in [-0.2, 0) is 16.0 Å². The molecule has 174 valence electrons. The molecule has 10 heteroatoms. The SMILES string of the molecule is NC(=O)C(Cc1ccc(O)cc1)NC(=O)C1=CC(Oc2ccc3c(c2)OCO3)C(O)C(O)C1. The summed E-state index contributed by atoms with van der Waals surface area (Å²) in [6.07, 6.45) is -2.13. The van der Waals surface area contributed by atoms with Gasteiger partial charge >= 0.3 is 0 Å². The van der Waals surface area contributed by atoms with Gasteiger partial charge in [0.25, 0.3) is 0 Å². The predicted molar refractivity (Wildman–Crippen MR) is 115 cm³/mol. The van der Waals surface area contributed by atoms with Crippen LogP contribution in [0.3, 0.4) is 0 Å². The zero-order chi connectivity index (χ0) is 23.5. The lowest BCUT2D eigenvalue weighted by Crippen LogP contribution is -2.49. The van der Waals surface area contributed by atoms with Crippen molar-refractivity contribution in [1.29, 1.82) is 0 Å². The van der Waals surface area contributed by atoms with Gasteiger partial charge in [0, 0.05) is 24.5 Å². The summed E-state index contributed by atoms with van der Waals surface area (Å²) in [7, 11) is 0. The van der Waals surface area contributed by atoms with E-state index in [0.29, 0.717) is 22.8 Å². The minimum absolute atomic E-state index is 0.0758. The second-order valence-electron chi connectivity index (χ2n) is 7.85. The second kappa shape index (κ2) is 9.39. The Bertz CT molecular complexity index is 1070. The highest BCUT2D eigenvalue weighted by atomic mass is 16.7. The fourth-order valence-electron chi connectivity index (χ4n) is 3.65. The summed E-state index contributed by atoms with van der Waals surface area (Å²) < 4.78 is 16.3. The molecule has 1 aliphatic heterocycles. The van der Waals surface area contributed by atoms with Gasteiger partial charge in [0.2, 0.25) is 18.6 Å². The van der Waals surface area contributed by atoms with Crippen LogP contribution >= 0.6 is 0 Å². The van der Waals surface area contributed by atoms with Crippen molar-refractivity contribution >= 4 is 11.8 Å². The van der Waals surface area contributed by atoms with Crippen LogP contribution in [0.25, 0.3) is 0 Å². The summed E-state index contributed by atoms with van der Waals surface area (Å²) in [5.74, 6) is 0.138. The summed E-state index contributed by atoms with van der Waals surface area (Å²) in [5.41, 5.74) is 6.29. The Morgan fingerprint density at radius 2 is 1.85 bits per heavy atom. The molecule has 2 aromatic rings. The number of aromatic hydroxyl groups is 1. The van der Waals surface area contributed by atoms with Gasteiger partial charge in [-0.05, 0) is 35.9 Å². The van der Waals surface area contributed by atoms with Gasteiger partial charge in [-0.25, -0.2) is 0 Å². The fraction of sp³-hybridized carbons (Fsp3) is 0.304. The Balaban J connectivity index is 1.47. The van der Waals surface area contributed by atoms with Crippen molar-refractivity contribution in [1.82, 2.24) is 5.32 Å². The van der Waals surface area contributed by atoms with E-state index in [1.165, 1.54) is 18.2 Å². The van der Waals surface area contributed by atoms with Crippen molar-refractivity contribution in [2.75, 3.05) is 6.79 Å². The van der Waals surface area contributed by atoms with Crippen LogP contribution in [0.1, 0.15) is 12.0 Å². The third-order valence-corrected chi connectivity index (χ3v) is 5.46. The average Bonchev–Trinajstić information content (AvgIpc) is 3.25. The van der Waals surface area contributed by atoms with Crippen molar-refractivity contribution in [2.45, 2.75) is 37.2 Å². The molecule has 33 heavy (non-hydrogen) atoms. The molecule has 4 atom stereocenters. The van der Waals surface area contributed by atoms with E-state index in [1.54, 1.807) is 30.3 Å². The van der Waals surface area contributed by atoms with Gasteiger partial charge in [-0.1, -0.05) is 12.1 Å². The van der Waals surface area contributed by atoms with E-state index in [4.69, 9.17) is 19.9 Å². The average molecular weight is 456 g/mol. The molecule has 4 unspecified atom stereocenters. The molecule has 4 rings (SSSR count). The molecular weight excluding hydrogens is 432 g/mol. The quantitative estimate of drug-likeness (QED) is 0.393. The van der Waals surface area contributed by atoms with Gasteiger partial charge in [0.15, 0.2) is 11.5 Å². The lowest BCUT2D eigenvalue weighted by Gasteiger charge is -2.31. The molecule has 1 heterocycles. The molecule has 6 N–H and O–H groups in total. The van der Waals surface area contributed by atoms with Crippen molar-refractivity contribution < 1.29 is 39.1 Å². The highest BCUT2D eigenvalue weighted by Gasteiger charge is 2.35. The maximum atomic E-state index is 12.8. The lowest BCUT2D eigenvalue weighted by atomic mass is 9.91. The third kappa shape index (κ3) is 5.18. The molecule has 2 aromatic carbocycles. The number of carbonyl (C=O) groups is 2. The number of nitrogens with one attached hydrogen (secondary N) is 1. The van der Waals surface area contributed by atoms with Crippen LogP contribution in [0, 0.1) is 0 Å². The highest BCUT2D eigenvalue weighted by Crippen LogP contribution is 2.36. The van der Waals surface area contributed by atoms with E-state index in [9.17, 15) is 24.9 Å².